The van der Waals surface area contributed by atoms with Crippen LogP contribution in [0.2, 0.25) is 0 Å². The minimum atomic E-state index is -0.612. The molecule has 1 heterocycles. The number of carboxylic acids is 1. The van der Waals surface area contributed by atoms with E-state index in [0.717, 1.165) is 12.8 Å². The quantitative estimate of drug-likeness (QED) is 0.820. The zero-order valence-electron chi connectivity index (χ0n) is 10.6. The minimum Gasteiger partial charge on any atom is -0.481 e. The molecular weight excluding hydrogens is 214 g/mol. The van der Waals surface area contributed by atoms with Gasteiger partial charge in [-0.2, -0.15) is 0 Å². The molecule has 1 spiro atoms. The normalized spacial score (nSPS) is 30.6. The number of aliphatic carboxylic acids is 1. The molecule has 3 aliphatic rings. The van der Waals surface area contributed by atoms with Crippen molar-refractivity contribution in [2.45, 2.75) is 63.3 Å². The highest BCUT2D eigenvalue weighted by Crippen LogP contribution is 2.51. The highest BCUT2D eigenvalue weighted by molar-refractivity contribution is 5.68. The largest absolute Gasteiger partial charge is 0.481 e. The van der Waals surface area contributed by atoms with Crippen molar-refractivity contribution in [3.05, 3.63) is 0 Å². The molecule has 0 aromatic heterocycles. The van der Waals surface area contributed by atoms with Crippen molar-refractivity contribution >= 4 is 5.97 Å². The SMILES string of the molecule is O=C(O)CC1(N2CC3(CCCC3)C2)CCCC1. The minimum absolute atomic E-state index is 0.0275. The molecule has 96 valence electrons. The summed E-state index contributed by atoms with van der Waals surface area (Å²) in [6.07, 6.45) is 10.6. The number of rotatable bonds is 3. The van der Waals surface area contributed by atoms with Gasteiger partial charge in [0, 0.05) is 18.6 Å². The van der Waals surface area contributed by atoms with Gasteiger partial charge in [-0.3, -0.25) is 9.69 Å². The van der Waals surface area contributed by atoms with Crippen LogP contribution in [-0.2, 0) is 4.79 Å². The lowest BCUT2D eigenvalue weighted by Crippen LogP contribution is -2.64. The maximum absolute atomic E-state index is 11.1. The Morgan fingerprint density at radius 1 is 1.00 bits per heavy atom. The van der Waals surface area contributed by atoms with E-state index in [1.54, 1.807) is 0 Å². The van der Waals surface area contributed by atoms with E-state index in [9.17, 15) is 4.79 Å². The lowest BCUT2D eigenvalue weighted by Gasteiger charge is -2.56. The van der Waals surface area contributed by atoms with Gasteiger partial charge in [-0.05, 0) is 31.1 Å². The third kappa shape index (κ3) is 1.88. The highest BCUT2D eigenvalue weighted by atomic mass is 16.4. The van der Waals surface area contributed by atoms with E-state index in [-0.39, 0.29) is 5.54 Å². The van der Waals surface area contributed by atoms with E-state index in [1.807, 2.05) is 0 Å². The van der Waals surface area contributed by atoms with Crippen LogP contribution >= 0.6 is 0 Å². The molecule has 0 bridgehead atoms. The van der Waals surface area contributed by atoms with E-state index in [1.165, 1.54) is 51.6 Å². The number of hydrogen-bond acceptors (Lipinski definition) is 2. The van der Waals surface area contributed by atoms with Crippen molar-refractivity contribution in [1.82, 2.24) is 4.90 Å². The van der Waals surface area contributed by atoms with Crippen LogP contribution in [0.4, 0.5) is 0 Å². The Kier molecular flexibility index (Phi) is 2.69. The van der Waals surface area contributed by atoms with Gasteiger partial charge in [0.05, 0.1) is 6.42 Å². The van der Waals surface area contributed by atoms with Crippen molar-refractivity contribution in [3.8, 4) is 0 Å². The second kappa shape index (κ2) is 3.98. The summed E-state index contributed by atoms with van der Waals surface area (Å²) in [5.41, 5.74) is 0.619. The van der Waals surface area contributed by atoms with E-state index >= 15 is 0 Å². The smallest absolute Gasteiger partial charge is 0.305 e. The van der Waals surface area contributed by atoms with Gasteiger partial charge in [-0.15, -0.1) is 0 Å². The van der Waals surface area contributed by atoms with Crippen LogP contribution in [0.25, 0.3) is 0 Å². The van der Waals surface area contributed by atoms with E-state index in [4.69, 9.17) is 5.11 Å². The fraction of sp³-hybridized carbons (Fsp3) is 0.929. The molecule has 17 heavy (non-hydrogen) atoms. The molecule has 0 aromatic carbocycles. The Balaban J connectivity index is 1.67. The molecule has 0 aromatic rings. The standard InChI is InChI=1S/C14H23NO2/c16-12(17)9-14(7-3-4-8-14)15-10-13(11-15)5-1-2-6-13/h1-11H2,(H,16,17). The lowest BCUT2D eigenvalue weighted by atomic mass is 9.73. The molecule has 3 fully saturated rings. The third-order valence-electron chi connectivity index (χ3n) is 5.40. The van der Waals surface area contributed by atoms with Gasteiger partial charge in [0.1, 0.15) is 0 Å². The van der Waals surface area contributed by atoms with Crippen molar-refractivity contribution in [2.24, 2.45) is 5.41 Å². The molecule has 3 nitrogen and oxygen atoms in total. The van der Waals surface area contributed by atoms with Gasteiger partial charge in [-0.1, -0.05) is 25.7 Å². The molecule has 1 aliphatic heterocycles. The van der Waals surface area contributed by atoms with Crippen LogP contribution in [0.5, 0.6) is 0 Å². The van der Waals surface area contributed by atoms with E-state index < -0.39 is 5.97 Å². The Bertz CT molecular complexity index is 306. The van der Waals surface area contributed by atoms with Gasteiger partial charge in [0.2, 0.25) is 0 Å². The molecule has 2 saturated carbocycles. The molecule has 0 radical (unpaired) electrons. The van der Waals surface area contributed by atoms with E-state index in [0.29, 0.717) is 11.8 Å². The Hall–Kier alpha value is -0.570. The van der Waals surface area contributed by atoms with Crippen molar-refractivity contribution in [2.75, 3.05) is 13.1 Å². The third-order valence-corrected chi connectivity index (χ3v) is 5.40. The number of nitrogens with zero attached hydrogens (tertiary/aromatic N) is 1. The van der Waals surface area contributed by atoms with Gasteiger partial charge < -0.3 is 5.11 Å². The molecule has 0 amide bonds. The first-order valence-corrected chi connectivity index (χ1v) is 7.11. The van der Waals surface area contributed by atoms with E-state index in [2.05, 4.69) is 4.90 Å². The predicted molar refractivity (Wildman–Crippen MR) is 65.9 cm³/mol. The van der Waals surface area contributed by atoms with Crippen molar-refractivity contribution in [3.63, 3.8) is 0 Å². The summed E-state index contributed by atoms with van der Waals surface area (Å²) in [4.78, 5) is 13.6. The number of carboxylic acid groups (broad SMARTS) is 1. The number of hydrogen-bond donors (Lipinski definition) is 1. The second-order valence-electron chi connectivity index (χ2n) is 6.57. The average Bonchev–Trinajstić information content (AvgIpc) is 2.81. The summed E-state index contributed by atoms with van der Waals surface area (Å²) in [5.74, 6) is -0.612. The predicted octanol–water partition coefficient (Wildman–Crippen LogP) is 2.65. The molecule has 3 rings (SSSR count). The van der Waals surface area contributed by atoms with Crippen LogP contribution in [0.1, 0.15) is 57.8 Å². The number of carbonyl (C=O) groups is 1. The Morgan fingerprint density at radius 3 is 2.06 bits per heavy atom. The van der Waals surface area contributed by atoms with Crippen LogP contribution < -0.4 is 0 Å². The molecule has 0 atom stereocenters. The molecule has 1 saturated heterocycles. The first-order valence-electron chi connectivity index (χ1n) is 7.11. The van der Waals surface area contributed by atoms with Crippen LogP contribution in [0, 0.1) is 5.41 Å². The lowest BCUT2D eigenvalue weighted by molar-refractivity contribution is -0.145. The first kappa shape index (κ1) is 11.5. The van der Waals surface area contributed by atoms with Gasteiger partial charge in [-0.25, -0.2) is 0 Å². The molecular formula is C14H23NO2. The summed E-state index contributed by atoms with van der Waals surface area (Å²) < 4.78 is 0. The summed E-state index contributed by atoms with van der Waals surface area (Å²) in [7, 11) is 0. The van der Waals surface area contributed by atoms with Gasteiger partial charge >= 0.3 is 5.97 Å². The van der Waals surface area contributed by atoms with Gasteiger partial charge in [0.15, 0.2) is 0 Å². The molecule has 2 aliphatic carbocycles. The topological polar surface area (TPSA) is 40.5 Å². The molecule has 1 N–H and O–H groups in total. The summed E-state index contributed by atoms with van der Waals surface area (Å²) in [6, 6.07) is 0. The van der Waals surface area contributed by atoms with Crippen LogP contribution in [-0.4, -0.2) is 34.6 Å². The van der Waals surface area contributed by atoms with Crippen molar-refractivity contribution in [1.29, 1.82) is 0 Å². The monoisotopic (exact) mass is 237 g/mol. The Labute approximate surface area is 103 Å². The Morgan fingerprint density at radius 2 is 1.53 bits per heavy atom. The summed E-state index contributed by atoms with van der Waals surface area (Å²) >= 11 is 0. The van der Waals surface area contributed by atoms with Crippen LogP contribution in [0.15, 0.2) is 0 Å². The maximum atomic E-state index is 11.1. The molecule has 0 unspecified atom stereocenters. The fourth-order valence-electron chi connectivity index (χ4n) is 4.46. The average molecular weight is 237 g/mol. The molecule has 3 heteroatoms. The summed E-state index contributed by atoms with van der Waals surface area (Å²) in [5, 5.41) is 9.14. The maximum Gasteiger partial charge on any atom is 0.305 e. The fourth-order valence-corrected chi connectivity index (χ4v) is 4.46. The summed E-state index contributed by atoms with van der Waals surface area (Å²) in [6.45, 7) is 2.36. The number of likely N-dealkylation sites (tertiary alicyclic amines) is 1. The first-order chi connectivity index (χ1) is 8.14. The van der Waals surface area contributed by atoms with Gasteiger partial charge in [0.25, 0.3) is 0 Å². The highest BCUT2D eigenvalue weighted by Gasteiger charge is 2.53. The van der Waals surface area contributed by atoms with Crippen molar-refractivity contribution < 1.29 is 9.90 Å². The van der Waals surface area contributed by atoms with Crippen LogP contribution in [0.3, 0.4) is 0 Å². The zero-order chi connectivity index (χ0) is 11.9. The second-order valence-corrected chi connectivity index (χ2v) is 6.57. The zero-order valence-corrected chi connectivity index (χ0v) is 10.6.